The van der Waals surface area contributed by atoms with Gasteiger partial charge in [-0.2, -0.15) is 15.0 Å². The molecule has 2 aromatic heterocycles. The highest BCUT2D eigenvalue weighted by atomic mass is 19.1. The second-order valence-electron chi connectivity index (χ2n) is 7.68. The summed E-state index contributed by atoms with van der Waals surface area (Å²) in [4.78, 5) is 24.9. The van der Waals surface area contributed by atoms with E-state index in [9.17, 15) is 9.18 Å². The van der Waals surface area contributed by atoms with Gasteiger partial charge in [-0.05, 0) is 43.4 Å². The molecule has 0 bridgehead atoms. The van der Waals surface area contributed by atoms with Crippen LogP contribution in [0.5, 0.6) is 0 Å². The van der Waals surface area contributed by atoms with E-state index in [1.165, 1.54) is 35.4 Å². The lowest BCUT2D eigenvalue weighted by Crippen LogP contribution is -2.44. The summed E-state index contributed by atoms with van der Waals surface area (Å²) in [6, 6.07) is 4.10. The van der Waals surface area contributed by atoms with Crippen LogP contribution in [0.4, 0.5) is 10.2 Å². The zero-order valence-electron chi connectivity index (χ0n) is 17.0. The van der Waals surface area contributed by atoms with Gasteiger partial charge in [0, 0.05) is 19.6 Å². The van der Waals surface area contributed by atoms with Crippen molar-refractivity contribution < 1.29 is 9.18 Å². The molecule has 4 rings (SSSR count). The summed E-state index contributed by atoms with van der Waals surface area (Å²) in [5, 5.41) is 11.5. The Morgan fingerprint density at radius 2 is 2.03 bits per heavy atom. The molecule has 1 aromatic carbocycles. The van der Waals surface area contributed by atoms with Crippen LogP contribution in [0.15, 0.2) is 43.0 Å². The molecule has 1 amide bonds. The van der Waals surface area contributed by atoms with E-state index in [0.717, 1.165) is 24.5 Å². The van der Waals surface area contributed by atoms with Crippen molar-refractivity contribution in [2.75, 3.05) is 25.0 Å². The first-order valence-corrected chi connectivity index (χ1v) is 9.99. The van der Waals surface area contributed by atoms with Gasteiger partial charge in [-0.15, -0.1) is 0 Å². The lowest BCUT2D eigenvalue weighted by atomic mass is 9.86. The summed E-state index contributed by atoms with van der Waals surface area (Å²) in [7, 11) is 0. The van der Waals surface area contributed by atoms with Crippen LogP contribution in [-0.4, -0.2) is 55.4 Å². The van der Waals surface area contributed by atoms with Gasteiger partial charge < -0.3 is 10.2 Å². The second-order valence-corrected chi connectivity index (χ2v) is 7.68. The molecular weight excluding hydrogens is 385 g/mol. The molecule has 0 radical (unpaired) electrons. The van der Waals surface area contributed by atoms with Crippen molar-refractivity contribution in [2.24, 2.45) is 11.8 Å². The number of carbonyl (C=O) groups excluding carboxylic acids is 1. The van der Waals surface area contributed by atoms with Gasteiger partial charge in [0.05, 0.1) is 41.7 Å². The van der Waals surface area contributed by atoms with Crippen molar-refractivity contribution in [1.29, 1.82) is 0 Å². The second kappa shape index (κ2) is 8.56. The van der Waals surface area contributed by atoms with E-state index in [2.05, 4.69) is 32.4 Å². The maximum Gasteiger partial charge on any atom is 0.256 e. The van der Waals surface area contributed by atoms with Crippen LogP contribution in [0.3, 0.4) is 0 Å². The number of carbonyl (C=O) groups is 1. The van der Waals surface area contributed by atoms with E-state index in [-0.39, 0.29) is 17.4 Å². The Hall–Kier alpha value is -3.36. The molecule has 1 aliphatic rings. The first-order valence-electron chi connectivity index (χ1n) is 9.99. The molecule has 0 unspecified atom stereocenters. The minimum absolute atomic E-state index is 0.204. The fourth-order valence-electron chi connectivity index (χ4n) is 3.77. The number of aryl methyl sites for hydroxylation is 1. The molecule has 1 fully saturated rings. The minimum atomic E-state index is -0.458. The van der Waals surface area contributed by atoms with Crippen molar-refractivity contribution in [3.8, 4) is 5.69 Å². The Bertz CT molecular complexity index is 1010. The molecule has 2 atom stereocenters. The number of likely N-dealkylation sites (tertiary alicyclic amines) is 1. The Morgan fingerprint density at radius 3 is 2.73 bits per heavy atom. The van der Waals surface area contributed by atoms with Gasteiger partial charge in [-0.3, -0.25) is 9.78 Å². The average Bonchev–Trinajstić information content (AvgIpc) is 3.28. The largest absolute Gasteiger partial charge is 0.369 e. The Labute approximate surface area is 174 Å². The molecule has 30 heavy (non-hydrogen) atoms. The van der Waals surface area contributed by atoms with Crippen LogP contribution in [0, 0.1) is 24.6 Å². The Morgan fingerprint density at radius 1 is 1.23 bits per heavy atom. The number of aromatic nitrogens is 5. The number of anilines is 1. The van der Waals surface area contributed by atoms with E-state index in [1.54, 1.807) is 17.3 Å². The highest BCUT2D eigenvalue weighted by molar-refractivity contribution is 5.97. The first-order chi connectivity index (χ1) is 14.5. The lowest BCUT2D eigenvalue weighted by Gasteiger charge is -2.37. The van der Waals surface area contributed by atoms with E-state index < -0.39 is 5.82 Å². The standard InChI is InChI=1S/C21H24FN7O/c1-14-13-28(8-5-16(14)11-25-20-12-23-15(2)10-24-20)21(30)18-9-17(22)3-4-19(18)29-26-6-7-27-29/h3-4,6-7,9-10,12,14,16H,5,8,11,13H2,1-2H3,(H,24,25)/t14-,16-/m0/s1. The highest BCUT2D eigenvalue weighted by Crippen LogP contribution is 2.26. The quantitative estimate of drug-likeness (QED) is 0.697. The summed E-state index contributed by atoms with van der Waals surface area (Å²) in [5.74, 6) is 0.776. The van der Waals surface area contributed by atoms with E-state index in [1.807, 2.05) is 6.92 Å². The molecule has 8 nitrogen and oxygen atoms in total. The molecule has 0 spiro atoms. The highest BCUT2D eigenvalue weighted by Gasteiger charge is 2.30. The maximum atomic E-state index is 13.9. The van der Waals surface area contributed by atoms with E-state index >= 15 is 0 Å². The van der Waals surface area contributed by atoms with Gasteiger partial charge in [0.15, 0.2) is 0 Å². The minimum Gasteiger partial charge on any atom is -0.369 e. The Balaban J connectivity index is 1.43. The summed E-state index contributed by atoms with van der Waals surface area (Å²) in [5.41, 5.74) is 1.62. The van der Waals surface area contributed by atoms with Gasteiger partial charge in [-0.1, -0.05) is 6.92 Å². The number of hydrogen-bond donors (Lipinski definition) is 1. The Kier molecular flexibility index (Phi) is 5.69. The molecule has 3 aromatic rings. The summed E-state index contributed by atoms with van der Waals surface area (Å²) < 4.78 is 13.9. The van der Waals surface area contributed by atoms with Crippen LogP contribution in [0.1, 0.15) is 29.4 Å². The number of rotatable bonds is 5. The zero-order chi connectivity index (χ0) is 21.1. The number of nitrogens with zero attached hydrogens (tertiary/aromatic N) is 6. The lowest BCUT2D eigenvalue weighted by molar-refractivity contribution is 0.0622. The van der Waals surface area contributed by atoms with Crippen LogP contribution in [-0.2, 0) is 0 Å². The molecule has 3 heterocycles. The fraction of sp³-hybridized carbons (Fsp3) is 0.381. The SMILES string of the molecule is Cc1cnc(NC[C@@H]2CCN(C(=O)c3cc(F)ccc3-n3nccn3)C[C@@H]2C)cn1. The predicted octanol–water partition coefficient (Wildman–Crippen LogP) is 2.72. The van der Waals surface area contributed by atoms with E-state index in [0.29, 0.717) is 24.7 Å². The summed E-state index contributed by atoms with van der Waals surface area (Å²) >= 11 is 0. The molecule has 0 aliphatic carbocycles. The smallest absolute Gasteiger partial charge is 0.256 e. The van der Waals surface area contributed by atoms with Crippen molar-refractivity contribution in [3.05, 3.63) is 60.1 Å². The molecular formula is C21H24FN7O. The van der Waals surface area contributed by atoms with Gasteiger partial charge in [0.2, 0.25) is 0 Å². The third-order valence-electron chi connectivity index (χ3n) is 5.52. The van der Waals surface area contributed by atoms with Crippen LogP contribution in [0.25, 0.3) is 5.69 Å². The molecule has 1 aliphatic heterocycles. The van der Waals surface area contributed by atoms with E-state index in [4.69, 9.17) is 0 Å². The number of nitrogens with one attached hydrogen (secondary N) is 1. The number of hydrogen-bond acceptors (Lipinski definition) is 6. The van der Waals surface area contributed by atoms with Crippen molar-refractivity contribution in [1.82, 2.24) is 29.9 Å². The zero-order valence-corrected chi connectivity index (χ0v) is 17.0. The normalized spacial score (nSPS) is 19.0. The summed E-state index contributed by atoms with van der Waals surface area (Å²) in [6.07, 6.45) is 7.36. The number of benzene rings is 1. The maximum absolute atomic E-state index is 13.9. The van der Waals surface area contributed by atoms with Gasteiger partial charge in [0.1, 0.15) is 11.6 Å². The molecule has 0 saturated carbocycles. The van der Waals surface area contributed by atoms with Crippen LogP contribution in [0.2, 0.25) is 0 Å². The molecule has 1 N–H and O–H groups in total. The van der Waals surface area contributed by atoms with Gasteiger partial charge >= 0.3 is 0 Å². The van der Waals surface area contributed by atoms with Gasteiger partial charge in [0.25, 0.3) is 5.91 Å². The molecule has 1 saturated heterocycles. The third kappa shape index (κ3) is 4.29. The average molecular weight is 409 g/mol. The number of piperidine rings is 1. The molecule has 9 heteroatoms. The van der Waals surface area contributed by atoms with Crippen molar-refractivity contribution in [2.45, 2.75) is 20.3 Å². The monoisotopic (exact) mass is 409 g/mol. The first kappa shape index (κ1) is 19.9. The predicted molar refractivity (Wildman–Crippen MR) is 110 cm³/mol. The number of halogens is 1. The third-order valence-corrected chi connectivity index (χ3v) is 5.52. The van der Waals surface area contributed by atoms with Crippen molar-refractivity contribution in [3.63, 3.8) is 0 Å². The van der Waals surface area contributed by atoms with Crippen molar-refractivity contribution >= 4 is 11.7 Å². The molecule has 156 valence electrons. The van der Waals surface area contributed by atoms with Crippen LogP contribution >= 0.6 is 0 Å². The summed E-state index contributed by atoms with van der Waals surface area (Å²) in [6.45, 7) is 6.01. The fourth-order valence-corrected chi connectivity index (χ4v) is 3.77. The number of amides is 1. The topological polar surface area (TPSA) is 88.8 Å². The van der Waals surface area contributed by atoms with Gasteiger partial charge in [-0.25, -0.2) is 9.37 Å². The van der Waals surface area contributed by atoms with Crippen LogP contribution < -0.4 is 5.32 Å².